The fourth-order valence-electron chi connectivity index (χ4n) is 4.44. The summed E-state index contributed by atoms with van der Waals surface area (Å²) in [4.78, 5) is 44.1. The minimum absolute atomic E-state index is 0.0384. The maximum atomic E-state index is 13.2. The summed E-state index contributed by atoms with van der Waals surface area (Å²) in [5.74, 6) is -0.690. The number of halogens is 1. The summed E-state index contributed by atoms with van der Waals surface area (Å²) >= 11 is 6.27. The largest absolute Gasteiger partial charge is 0.497 e. The van der Waals surface area contributed by atoms with E-state index in [9.17, 15) is 14.4 Å². The zero-order valence-electron chi connectivity index (χ0n) is 20.2. The van der Waals surface area contributed by atoms with Crippen molar-refractivity contribution < 1.29 is 19.1 Å². The lowest BCUT2D eigenvalue weighted by Crippen LogP contribution is -2.48. The van der Waals surface area contributed by atoms with Gasteiger partial charge >= 0.3 is 0 Å². The maximum absolute atomic E-state index is 13.2. The van der Waals surface area contributed by atoms with Crippen molar-refractivity contribution in [3.63, 3.8) is 0 Å². The molecule has 5 rings (SSSR count). The van der Waals surface area contributed by atoms with Crippen LogP contribution < -0.4 is 19.9 Å². The number of benzene rings is 3. The molecular formula is C28H25ClN4O4. The monoisotopic (exact) mass is 516 g/mol. The third kappa shape index (κ3) is 4.88. The molecule has 1 N–H and O–H groups in total. The average Bonchev–Trinajstić information content (AvgIpc) is 3.16. The van der Waals surface area contributed by atoms with E-state index in [-0.39, 0.29) is 16.6 Å². The highest BCUT2D eigenvalue weighted by Gasteiger charge is 2.39. The lowest BCUT2D eigenvalue weighted by atomic mass is 10.1. The number of hydrogen-bond acceptors (Lipinski definition) is 6. The van der Waals surface area contributed by atoms with E-state index in [0.29, 0.717) is 35.8 Å². The molecule has 37 heavy (non-hydrogen) atoms. The van der Waals surface area contributed by atoms with Gasteiger partial charge in [0.05, 0.1) is 12.8 Å². The van der Waals surface area contributed by atoms with E-state index >= 15 is 0 Å². The fraction of sp³-hybridized carbons (Fsp3) is 0.179. The molecular weight excluding hydrogens is 492 g/mol. The van der Waals surface area contributed by atoms with Crippen LogP contribution in [0.5, 0.6) is 5.75 Å². The molecule has 0 atom stereocenters. The van der Waals surface area contributed by atoms with Gasteiger partial charge in [-0.05, 0) is 54.6 Å². The Labute approximate surface area is 219 Å². The number of anilines is 3. The molecule has 0 saturated carbocycles. The highest BCUT2D eigenvalue weighted by atomic mass is 35.5. The molecule has 8 nitrogen and oxygen atoms in total. The van der Waals surface area contributed by atoms with Gasteiger partial charge in [-0.1, -0.05) is 35.9 Å². The van der Waals surface area contributed by atoms with Gasteiger partial charge in [-0.2, -0.15) is 0 Å². The van der Waals surface area contributed by atoms with Crippen molar-refractivity contribution in [3.05, 3.63) is 95.2 Å². The number of hydrogen-bond donors (Lipinski definition) is 1. The number of methoxy groups -OCH3 is 1. The SMILES string of the molecule is COc1ccc(N2C(=O)C(Cl)=C(Nc3cccc(C(=O)N4CCN(c5ccccc5)CC4)c3)C2=O)cc1. The van der Waals surface area contributed by atoms with Crippen LogP contribution in [0.15, 0.2) is 89.6 Å². The second-order valence-corrected chi connectivity index (χ2v) is 9.03. The minimum atomic E-state index is -0.622. The van der Waals surface area contributed by atoms with Gasteiger partial charge in [0, 0.05) is 43.1 Å². The third-order valence-electron chi connectivity index (χ3n) is 6.43. The first-order chi connectivity index (χ1) is 18.0. The van der Waals surface area contributed by atoms with Crippen LogP contribution in [0, 0.1) is 0 Å². The Morgan fingerprint density at radius 1 is 0.838 bits per heavy atom. The van der Waals surface area contributed by atoms with E-state index < -0.39 is 11.8 Å². The Balaban J connectivity index is 1.27. The van der Waals surface area contributed by atoms with Gasteiger partial charge < -0.3 is 19.9 Å². The summed E-state index contributed by atoms with van der Waals surface area (Å²) in [6.45, 7) is 2.69. The Bertz CT molecular complexity index is 1370. The number of nitrogens with zero attached hydrogens (tertiary/aromatic N) is 3. The fourth-order valence-corrected chi connectivity index (χ4v) is 4.65. The van der Waals surface area contributed by atoms with Crippen LogP contribution in [0.1, 0.15) is 10.4 Å². The van der Waals surface area contributed by atoms with Crippen molar-refractivity contribution in [3.8, 4) is 5.75 Å². The number of ether oxygens (including phenoxy) is 1. The summed E-state index contributed by atoms with van der Waals surface area (Å²) in [7, 11) is 1.53. The molecule has 0 unspecified atom stereocenters. The Morgan fingerprint density at radius 2 is 1.54 bits per heavy atom. The number of piperazine rings is 1. The zero-order valence-corrected chi connectivity index (χ0v) is 20.9. The lowest BCUT2D eigenvalue weighted by Gasteiger charge is -2.36. The average molecular weight is 517 g/mol. The lowest BCUT2D eigenvalue weighted by molar-refractivity contribution is -0.120. The predicted octanol–water partition coefficient (Wildman–Crippen LogP) is 4.09. The van der Waals surface area contributed by atoms with Crippen molar-refractivity contribution in [2.24, 2.45) is 0 Å². The van der Waals surface area contributed by atoms with E-state index in [0.717, 1.165) is 23.7 Å². The molecule has 0 bridgehead atoms. The van der Waals surface area contributed by atoms with Crippen LogP contribution in [-0.2, 0) is 9.59 Å². The van der Waals surface area contributed by atoms with E-state index in [2.05, 4.69) is 22.3 Å². The van der Waals surface area contributed by atoms with Crippen LogP contribution in [0.2, 0.25) is 0 Å². The van der Waals surface area contributed by atoms with Gasteiger partial charge in [0.15, 0.2) is 0 Å². The highest BCUT2D eigenvalue weighted by molar-refractivity contribution is 6.53. The number of amides is 3. The molecule has 3 aromatic rings. The smallest absolute Gasteiger partial charge is 0.283 e. The van der Waals surface area contributed by atoms with E-state index in [1.54, 1.807) is 48.5 Å². The van der Waals surface area contributed by atoms with Gasteiger partial charge in [0.2, 0.25) is 0 Å². The Hall–Kier alpha value is -4.30. The van der Waals surface area contributed by atoms with Crippen molar-refractivity contribution in [1.29, 1.82) is 0 Å². The molecule has 1 fully saturated rings. The third-order valence-corrected chi connectivity index (χ3v) is 6.78. The quantitative estimate of drug-likeness (QED) is 0.497. The molecule has 3 aromatic carbocycles. The second-order valence-electron chi connectivity index (χ2n) is 8.65. The molecule has 2 aliphatic rings. The molecule has 9 heteroatoms. The van der Waals surface area contributed by atoms with Gasteiger partial charge in [-0.25, -0.2) is 4.90 Å². The molecule has 188 valence electrons. The maximum Gasteiger partial charge on any atom is 0.283 e. The summed E-state index contributed by atoms with van der Waals surface area (Å²) in [6, 6.07) is 23.5. The van der Waals surface area contributed by atoms with Gasteiger partial charge in [0.1, 0.15) is 16.5 Å². The number of imide groups is 1. The molecule has 0 aromatic heterocycles. The van der Waals surface area contributed by atoms with Crippen LogP contribution in [0.4, 0.5) is 17.1 Å². The van der Waals surface area contributed by atoms with Crippen LogP contribution in [0.3, 0.4) is 0 Å². The summed E-state index contributed by atoms with van der Waals surface area (Å²) in [5, 5.41) is 2.74. The molecule has 2 heterocycles. The van der Waals surface area contributed by atoms with Gasteiger partial charge in [0.25, 0.3) is 17.7 Å². The first-order valence-corrected chi connectivity index (χ1v) is 12.2. The number of nitrogens with one attached hydrogen (secondary N) is 1. The summed E-state index contributed by atoms with van der Waals surface area (Å²) in [5.41, 5.74) is 2.46. The van der Waals surface area contributed by atoms with Crippen molar-refractivity contribution in [2.75, 3.05) is 48.4 Å². The Morgan fingerprint density at radius 3 is 2.22 bits per heavy atom. The van der Waals surface area contributed by atoms with Crippen LogP contribution >= 0.6 is 11.6 Å². The van der Waals surface area contributed by atoms with Crippen molar-refractivity contribution in [2.45, 2.75) is 0 Å². The number of para-hydroxylation sites is 1. The van der Waals surface area contributed by atoms with Gasteiger partial charge in [-0.15, -0.1) is 0 Å². The topological polar surface area (TPSA) is 82.2 Å². The molecule has 2 aliphatic heterocycles. The van der Waals surface area contributed by atoms with Gasteiger partial charge in [-0.3, -0.25) is 14.4 Å². The normalized spacial score (nSPS) is 15.9. The highest BCUT2D eigenvalue weighted by Crippen LogP contribution is 2.31. The molecule has 3 amide bonds. The number of carbonyl (C=O) groups is 3. The predicted molar refractivity (Wildman–Crippen MR) is 143 cm³/mol. The van der Waals surface area contributed by atoms with Crippen molar-refractivity contribution in [1.82, 2.24) is 4.90 Å². The summed E-state index contributed by atoms with van der Waals surface area (Å²) in [6.07, 6.45) is 0. The van der Waals surface area contributed by atoms with Crippen LogP contribution in [-0.4, -0.2) is 55.9 Å². The second kappa shape index (κ2) is 10.4. The molecule has 0 spiro atoms. The number of rotatable bonds is 6. The van der Waals surface area contributed by atoms with Crippen LogP contribution in [0.25, 0.3) is 0 Å². The first-order valence-electron chi connectivity index (χ1n) is 11.9. The van der Waals surface area contributed by atoms with E-state index in [1.165, 1.54) is 7.11 Å². The molecule has 1 saturated heterocycles. The number of carbonyl (C=O) groups excluding carboxylic acids is 3. The first kappa shape index (κ1) is 24.4. The van der Waals surface area contributed by atoms with E-state index in [4.69, 9.17) is 16.3 Å². The molecule has 0 radical (unpaired) electrons. The Kier molecular flexibility index (Phi) is 6.83. The van der Waals surface area contributed by atoms with E-state index in [1.807, 2.05) is 23.1 Å². The zero-order chi connectivity index (χ0) is 25.9. The molecule has 0 aliphatic carbocycles. The minimum Gasteiger partial charge on any atom is -0.497 e. The standard InChI is InChI=1S/C28H25ClN4O4/c1-37-23-12-10-22(11-13-23)33-27(35)24(29)25(28(33)36)30-20-7-5-6-19(18-20)26(34)32-16-14-31(15-17-32)21-8-3-2-4-9-21/h2-13,18,30H,14-17H2,1H3. The summed E-state index contributed by atoms with van der Waals surface area (Å²) < 4.78 is 5.14. The van der Waals surface area contributed by atoms with Crippen molar-refractivity contribution >= 4 is 46.4 Å².